The second-order valence-electron chi connectivity index (χ2n) is 2.56. The number of hydrogen-bond donors (Lipinski definition) is 1. The van der Waals surface area contributed by atoms with E-state index in [0.29, 0.717) is 0 Å². The van der Waals surface area contributed by atoms with E-state index >= 15 is 0 Å². The van der Waals surface area contributed by atoms with Crippen molar-refractivity contribution in [1.82, 2.24) is 0 Å². The van der Waals surface area contributed by atoms with Gasteiger partial charge in [0.15, 0.2) is 0 Å². The van der Waals surface area contributed by atoms with Crippen molar-refractivity contribution < 1.29 is 5.11 Å². The Morgan fingerprint density at radius 3 is 2.00 bits per heavy atom. The van der Waals surface area contributed by atoms with Crippen molar-refractivity contribution in [2.75, 3.05) is 0 Å². The maximum absolute atomic E-state index is 9.02. The third kappa shape index (κ3) is 6.02. The minimum atomic E-state index is -0.450. The number of hydrogen-bond acceptors (Lipinski definition) is 1. The van der Waals surface area contributed by atoms with Gasteiger partial charge in [-0.1, -0.05) is 6.32 Å². The van der Waals surface area contributed by atoms with Crippen molar-refractivity contribution >= 4 is 7.85 Å². The highest BCUT2D eigenvalue weighted by atomic mass is 16.3. The summed E-state index contributed by atoms with van der Waals surface area (Å²) in [6, 6.07) is 0. The van der Waals surface area contributed by atoms with Gasteiger partial charge in [0.2, 0.25) is 0 Å². The van der Waals surface area contributed by atoms with Crippen LogP contribution in [0.3, 0.4) is 0 Å². The molecule has 2 heteroatoms. The van der Waals surface area contributed by atoms with Crippen LogP contribution in [0.15, 0.2) is 0 Å². The fourth-order valence-corrected chi connectivity index (χ4v) is 0.612. The summed E-state index contributed by atoms with van der Waals surface area (Å²) in [4.78, 5) is 0. The summed E-state index contributed by atoms with van der Waals surface area (Å²) in [5.74, 6) is 0. The first-order valence-corrected chi connectivity index (χ1v) is 2.78. The zero-order valence-corrected chi connectivity index (χ0v) is 5.36. The minimum Gasteiger partial charge on any atom is -0.391 e. The molecule has 1 N–H and O–H groups in total. The molecule has 0 spiro atoms. The molecule has 42 valence electrons. The zero-order valence-electron chi connectivity index (χ0n) is 5.36. The molecule has 0 heterocycles. The third-order valence-corrected chi connectivity index (χ3v) is 0.862. The van der Waals surface area contributed by atoms with Gasteiger partial charge in [-0.05, 0) is 20.3 Å². The van der Waals surface area contributed by atoms with E-state index in [4.69, 9.17) is 5.11 Å². The quantitative estimate of drug-likeness (QED) is 0.491. The second kappa shape index (κ2) is 2.36. The van der Waals surface area contributed by atoms with Gasteiger partial charge in [-0.2, -0.15) is 0 Å². The van der Waals surface area contributed by atoms with Crippen molar-refractivity contribution in [1.29, 1.82) is 0 Å². The van der Waals surface area contributed by atoms with E-state index in [1.807, 2.05) is 13.8 Å². The lowest BCUT2D eigenvalue weighted by Crippen LogP contribution is -2.17. The fourth-order valence-electron chi connectivity index (χ4n) is 0.612. The Morgan fingerprint density at radius 2 is 2.00 bits per heavy atom. The van der Waals surface area contributed by atoms with Crippen LogP contribution in [0.2, 0.25) is 6.32 Å². The molecule has 0 aliphatic rings. The van der Waals surface area contributed by atoms with Crippen LogP contribution in [0.4, 0.5) is 0 Å². The van der Waals surface area contributed by atoms with Gasteiger partial charge in [0, 0.05) is 0 Å². The van der Waals surface area contributed by atoms with Crippen molar-refractivity contribution in [2.24, 2.45) is 0 Å². The highest BCUT2D eigenvalue weighted by Crippen LogP contribution is 2.07. The summed E-state index contributed by atoms with van der Waals surface area (Å²) in [7, 11) is 2.07. The predicted octanol–water partition coefficient (Wildman–Crippen LogP) is 0.199. The highest BCUT2D eigenvalue weighted by molar-refractivity contribution is 6.08. The monoisotopic (exact) mass is 100 g/mol. The minimum absolute atomic E-state index is 0.450. The summed E-state index contributed by atoms with van der Waals surface area (Å²) in [5.41, 5.74) is -0.450. The molecule has 0 aromatic carbocycles. The molecule has 0 atom stereocenters. The molecule has 1 nitrogen and oxygen atoms in total. The fraction of sp³-hybridized carbons (Fsp3) is 1.00. The smallest absolute Gasteiger partial charge is 0.101 e. The predicted molar refractivity (Wildman–Crippen MR) is 34.3 cm³/mol. The normalized spacial score (nSPS) is 11.9. The Bertz CT molecular complexity index is 46.5. The molecule has 0 saturated heterocycles. The number of rotatable bonds is 2. The van der Waals surface area contributed by atoms with Crippen LogP contribution in [0, 0.1) is 0 Å². The van der Waals surface area contributed by atoms with E-state index in [1.54, 1.807) is 0 Å². The first kappa shape index (κ1) is 7.02. The van der Waals surface area contributed by atoms with E-state index in [1.165, 1.54) is 0 Å². The lowest BCUT2D eigenvalue weighted by atomic mass is 9.93. The second-order valence-corrected chi connectivity index (χ2v) is 2.56. The lowest BCUT2D eigenvalue weighted by Gasteiger charge is -2.14. The summed E-state index contributed by atoms with van der Waals surface area (Å²) in [6.07, 6.45) is 1.95. The van der Waals surface area contributed by atoms with Gasteiger partial charge in [-0.15, -0.1) is 0 Å². The van der Waals surface area contributed by atoms with E-state index in [-0.39, 0.29) is 0 Å². The molecular weight excluding hydrogens is 86.9 g/mol. The summed E-state index contributed by atoms with van der Waals surface area (Å²) < 4.78 is 0. The van der Waals surface area contributed by atoms with Crippen LogP contribution < -0.4 is 0 Å². The number of aliphatic hydroxyl groups is 1. The average Bonchev–Trinajstić information content (AvgIpc) is 1.30. The summed E-state index contributed by atoms with van der Waals surface area (Å²) >= 11 is 0. The Balaban J connectivity index is 3.15. The Morgan fingerprint density at radius 1 is 1.57 bits per heavy atom. The molecule has 0 aromatic heterocycles. The molecular formula is C5H13BO. The molecule has 0 bridgehead atoms. The molecule has 0 aliphatic carbocycles. The lowest BCUT2D eigenvalue weighted by molar-refractivity contribution is 0.0767. The van der Waals surface area contributed by atoms with Gasteiger partial charge in [-0.3, -0.25) is 0 Å². The standard InChI is InChI=1S/C5H13BO/c1-5(2,7)3-4-6/h7H,3-4,6H2,1-2H3. The van der Waals surface area contributed by atoms with Crippen molar-refractivity contribution in [2.45, 2.75) is 32.2 Å². The first-order chi connectivity index (χ1) is 3.06. The van der Waals surface area contributed by atoms with E-state index in [9.17, 15) is 0 Å². The molecule has 0 rings (SSSR count). The molecule has 0 aromatic rings. The molecule has 0 fully saturated rings. The third-order valence-electron chi connectivity index (χ3n) is 0.862. The van der Waals surface area contributed by atoms with Crippen LogP contribution >= 0.6 is 0 Å². The molecule has 0 amide bonds. The Labute approximate surface area is 46.1 Å². The van der Waals surface area contributed by atoms with Gasteiger partial charge >= 0.3 is 0 Å². The first-order valence-electron chi connectivity index (χ1n) is 2.78. The van der Waals surface area contributed by atoms with Crippen molar-refractivity contribution in [3.63, 3.8) is 0 Å². The van der Waals surface area contributed by atoms with Gasteiger partial charge in [0.05, 0.1) is 5.60 Å². The van der Waals surface area contributed by atoms with E-state index in [2.05, 4.69) is 7.85 Å². The van der Waals surface area contributed by atoms with Gasteiger partial charge in [0.25, 0.3) is 0 Å². The average molecular weight is 100.0 g/mol. The highest BCUT2D eigenvalue weighted by Gasteiger charge is 2.08. The Kier molecular flexibility index (Phi) is 2.37. The van der Waals surface area contributed by atoms with Crippen LogP contribution in [-0.4, -0.2) is 18.6 Å². The Hall–Kier alpha value is 0.0249. The van der Waals surface area contributed by atoms with Crippen LogP contribution in [-0.2, 0) is 0 Å². The van der Waals surface area contributed by atoms with E-state index in [0.717, 1.165) is 12.7 Å². The van der Waals surface area contributed by atoms with Gasteiger partial charge in [-0.25, -0.2) is 0 Å². The van der Waals surface area contributed by atoms with Gasteiger partial charge < -0.3 is 5.11 Å². The van der Waals surface area contributed by atoms with Gasteiger partial charge in [0.1, 0.15) is 7.85 Å². The van der Waals surface area contributed by atoms with Crippen LogP contribution in [0.25, 0.3) is 0 Å². The summed E-state index contributed by atoms with van der Waals surface area (Å²) in [5, 5.41) is 9.02. The topological polar surface area (TPSA) is 20.2 Å². The molecule has 7 heavy (non-hydrogen) atoms. The molecule has 0 radical (unpaired) electrons. The van der Waals surface area contributed by atoms with E-state index < -0.39 is 5.60 Å². The molecule has 0 saturated carbocycles. The van der Waals surface area contributed by atoms with Crippen molar-refractivity contribution in [3.05, 3.63) is 0 Å². The SMILES string of the molecule is BCCC(C)(C)O. The maximum Gasteiger partial charge on any atom is 0.101 e. The van der Waals surface area contributed by atoms with Crippen molar-refractivity contribution in [3.8, 4) is 0 Å². The van der Waals surface area contributed by atoms with Crippen LogP contribution in [0.1, 0.15) is 20.3 Å². The summed E-state index contributed by atoms with van der Waals surface area (Å²) in [6.45, 7) is 3.66. The maximum atomic E-state index is 9.02. The largest absolute Gasteiger partial charge is 0.391 e. The molecule has 0 unspecified atom stereocenters. The van der Waals surface area contributed by atoms with Crippen LogP contribution in [0.5, 0.6) is 0 Å². The molecule has 0 aliphatic heterocycles. The zero-order chi connectivity index (χ0) is 5.91.